The molecule has 48 valence electrons. The van der Waals surface area contributed by atoms with Gasteiger partial charge in [0.05, 0.1) is 6.61 Å². The molecular weight excluding hydrogens is 116 g/mol. The highest BCUT2D eigenvalue weighted by molar-refractivity contribution is 4.55. The first-order valence-corrected chi connectivity index (χ1v) is 1.83. The summed E-state index contributed by atoms with van der Waals surface area (Å²) in [6.07, 6.45) is 0.0833. The molecule has 1 heterocycles. The zero-order valence-electron chi connectivity index (χ0n) is 3.98. The molecule has 0 radical (unpaired) electrons. The lowest BCUT2D eigenvalue weighted by Crippen LogP contribution is -1.97. The number of nitrogens with zero attached hydrogens (tertiary/aromatic N) is 1. The van der Waals surface area contributed by atoms with E-state index in [9.17, 15) is 0 Å². The van der Waals surface area contributed by atoms with Gasteiger partial charge in [-0.05, 0) is 0 Å². The highest BCUT2D eigenvalue weighted by atomic mass is 16.9. The van der Waals surface area contributed by atoms with Crippen LogP contribution in [-0.4, -0.2) is 23.1 Å². The quantitative estimate of drug-likeness (QED) is 0.242. The summed E-state index contributed by atoms with van der Waals surface area (Å²) in [6, 6.07) is 0. The summed E-state index contributed by atoms with van der Waals surface area (Å²) in [4.78, 5) is 8.36. The molecule has 6 heteroatoms. The Kier molecular flexibility index (Phi) is 2.82. The van der Waals surface area contributed by atoms with Gasteiger partial charge in [-0.1, -0.05) is 0 Å². The van der Waals surface area contributed by atoms with Gasteiger partial charge in [-0.3, -0.25) is 0 Å². The van der Waals surface area contributed by atoms with Crippen molar-refractivity contribution in [2.24, 2.45) is 5.73 Å². The number of hydrogen-bond acceptors (Lipinski definition) is 4. The van der Waals surface area contributed by atoms with Gasteiger partial charge in [0, 0.05) is 0 Å². The average molecular weight is 122 g/mol. The lowest BCUT2D eigenvalue weighted by Gasteiger charge is -1.56. The third-order valence-corrected chi connectivity index (χ3v) is 0.359. The van der Waals surface area contributed by atoms with Crippen LogP contribution in [0.1, 0.15) is 0 Å². The Morgan fingerprint density at radius 1 is 2.00 bits per heavy atom. The first kappa shape index (κ1) is 7.12. The van der Waals surface area contributed by atoms with Crippen LogP contribution < -0.4 is 5.73 Å². The van der Waals surface area contributed by atoms with Crippen LogP contribution in [0.4, 0.5) is 0 Å². The number of rotatable bonds is 0. The van der Waals surface area contributed by atoms with E-state index >= 15 is 0 Å². The Morgan fingerprint density at radius 2 is 2.12 bits per heavy atom. The monoisotopic (exact) mass is 122 g/mol. The maximum atomic E-state index is 8.36. The minimum Gasteiger partial charge on any atom is -0.357 e. The first-order chi connectivity index (χ1) is 3.63. The summed E-state index contributed by atoms with van der Waals surface area (Å²) in [6.45, 7) is 0.764. The van der Waals surface area contributed by atoms with Crippen LogP contribution in [0.15, 0.2) is 0 Å². The van der Waals surface area contributed by atoms with E-state index in [0.29, 0.717) is 0 Å². The third-order valence-electron chi connectivity index (χ3n) is 0.359. The number of epoxide rings is 1. The molecule has 1 saturated heterocycles. The fraction of sp³-hybridized carbons (Fsp3) is 1.00. The lowest BCUT2D eigenvalue weighted by atomic mass is 10.8. The van der Waals surface area contributed by atoms with Crippen molar-refractivity contribution in [3.63, 3.8) is 0 Å². The highest BCUT2D eigenvalue weighted by Gasteiger charge is 2.13. The van der Waals surface area contributed by atoms with Crippen molar-refractivity contribution in [2.75, 3.05) is 6.61 Å². The molecule has 0 saturated carbocycles. The van der Waals surface area contributed by atoms with Gasteiger partial charge >= 0.3 is 0 Å². The summed E-state index contributed by atoms with van der Waals surface area (Å²) in [5.74, 6) is 0. The van der Waals surface area contributed by atoms with Gasteiger partial charge in [0.1, 0.15) is 6.23 Å². The van der Waals surface area contributed by atoms with E-state index in [1.807, 2.05) is 0 Å². The predicted octanol–water partition coefficient (Wildman–Crippen LogP) is -1.05. The summed E-state index contributed by atoms with van der Waals surface area (Å²) in [7, 11) is 0. The van der Waals surface area contributed by atoms with Crippen LogP contribution in [0.5, 0.6) is 0 Å². The molecular formula is C2H6N2O4. The fourth-order valence-electron chi connectivity index (χ4n) is 0.0556. The van der Waals surface area contributed by atoms with E-state index in [1.54, 1.807) is 0 Å². The molecule has 0 spiro atoms. The minimum absolute atomic E-state index is 0.0833. The van der Waals surface area contributed by atoms with Crippen molar-refractivity contribution in [3.05, 3.63) is 10.1 Å². The van der Waals surface area contributed by atoms with Crippen molar-refractivity contribution in [2.45, 2.75) is 6.23 Å². The molecule has 1 fully saturated rings. The minimum atomic E-state index is -1.50. The van der Waals surface area contributed by atoms with Gasteiger partial charge in [-0.15, -0.1) is 10.1 Å². The number of ether oxygens (including phenoxy) is 1. The summed E-state index contributed by atoms with van der Waals surface area (Å²) >= 11 is 0. The normalized spacial score (nSPS) is 22.9. The average Bonchev–Trinajstić information content (AvgIpc) is 2.19. The lowest BCUT2D eigenvalue weighted by molar-refractivity contribution is -0.742. The van der Waals surface area contributed by atoms with Gasteiger partial charge in [-0.2, -0.15) is 0 Å². The second-order valence-corrected chi connectivity index (χ2v) is 1.11. The molecule has 8 heavy (non-hydrogen) atoms. The molecule has 0 aliphatic carbocycles. The van der Waals surface area contributed by atoms with Crippen LogP contribution in [0.3, 0.4) is 0 Å². The molecule has 1 aliphatic heterocycles. The van der Waals surface area contributed by atoms with Crippen molar-refractivity contribution in [3.8, 4) is 0 Å². The Morgan fingerprint density at radius 3 is 2.12 bits per heavy atom. The Bertz CT molecular complexity index is 76.1. The van der Waals surface area contributed by atoms with E-state index in [4.69, 9.17) is 21.1 Å². The second kappa shape index (κ2) is 3.16. The van der Waals surface area contributed by atoms with Crippen LogP contribution in [0.2, 0.25) is 0 Å². The summed E-state index contributed by atoms with van der Waals surface area (Å²) < 4.78 is 4.49. The van der Waals surface area contributed by atoms with E-state index in [1.165, 1.54) is 0 Å². The van der Waals surface area contributed by atoms with E-state index in [2.05, 4.69) is 4.74 Å². The van der Waals surface area contributed by atoms with Crippen LogP contribution in [-0.2, 0) is 4.74 Å². The van der Waals surface area contributed by atoms with Crippen molar-refractivity contribution < 1.29 is 15.0 Å². The first-order valence-electron chi connectivity index (χ1n) is 1.83. The molecule has 1 atom stereocenters. The molecule has 1 unspecified atom stereocenters. The zero-order chi connectivity index (χ0) is 6.57. The van der Waals surface area contributed by atoms with Gasteiger partial charge in [0.25, 0.3) is 5.09 Å². The maximum Gasteiger partial charge on any atom is 0.291 e. The van der Waals surface area contributed by atoms with Crippen molar-refractivity contribution >= 4 is 0 Å². The molecule has 0 bridgehead atoms. The zero-order valence-corrected chi connectivity index (χ0v) is 3.98. The second-order valence-electron chi connectivity index (χ2n) is 1.11. The SMILES string of the molecule is NC1CO1.O=[N+]([O-])O. The van der Waals surface area contributed by atoms with Crippen LogP contribution in [0.25, 0.3) is 0 Å². The standard InChI is InChI=1S/C2H5NO.HNO3/c3-2-1-4-2;2-1(3)4/h2H,1,3H2;(H,2,3,4). The number of nitrogens with two attached hydrogens (primary N) is 1. The topological polar surface area (TPSA) is 102 Å². The molecule has 1 aliphatic rings. The molecule has 6 nitrogen and oxygen atoms in total. The van der Waals surface area contributed by atoms with Crippen molar-refractivity contribution in [1.29, 1.82) is 0 Å². The van der Waals surface area contributed by atoms with Crippen molar-refractivity contribution in [1.82, 2.24) is 0 Å². The van der Waals surface area contributed by atoms with E-state index in [-0.39, 0.29) is 6.23 Å². The Labute approximate surface area is 45.0 Å². The van der Waals surface area contributed by atoms with Gasteiger partial charge in [-0.25, -0.2) is 0 Å². The maximum absolute atomic E-state index is 8.36. The third kappa shape index (κ3) is 19.3. The Balaban J connectivity index is 0.000000122. The smallest absolute Gasteiger partial charge is 0.291 e. The molecule has 0 aromatic carbocycles. The van der Waals surface area contributed by atoms with Gasteiger partial charge in [0.2, 0.25) is 0 Å². The largest absolute Gasteiger partial charge is 0.357 e. The van der Waals surface area contributed by atoms with Crippen LogP contribution >= 0.6 is 0 Å². The fourth-order valence-corrected chi connectivity index (χ4v) is 0.0556. The van der Waals surface area contributed by atoms with Crippen LogP contribution in [0, 0.1) is 10.1 Å². The molecule has 0 aromatic heterocycles. The molecule has 0 aromatic rings. The molecule has 0 amide bonds. The summed E-state index contributed by atoms with van der Waals surface area (Å²) in [5, 5.41) is 13.6. The predicted molar refractivity (Wildman–Crippen MR) is 22.7 cm³/mol. The van der Waals surface area contributed by atoms with Gasteiger partial charge < -0.3 is 15.7 Å². The molecule has 1 rings (SSSR count). The summed E-state index contributed by atoms with van der Waals surface area (Å²) in [5.41, 5.74) is 5.00. The van der Waals surface area contributed by atoms with Gasteiger partial charge in [0.15, 0.2) is 0 Å². The van der Waals surface area contributed by atoms with E-state index in [0.717, 1.165) is 6.61 Å². The number of hydrogen-bond donors (Lipinski definition) is 2. The van der Waals surface area contributed by atoms with E-state index < -0.39 is 5.09 Å². The highest BCUT2D eigenvalue weighted by Crippen LogP contribution is 1.96. The Hall–Kier alpha value is -0.880. The molecule has 3 N–H and O–H groups in total.